The molecule has 7 heteroatoms. The van der Waals surface area contributed by atoms with Crippen LogP contribution in [0.15, 0.2) is 41.0 Å². The SMILES string of the molecule is CCCC(=O)OOc1ccc(O[C@H](CCOC)c2cccc(Br)n2)cc1C. The second-order valence-corrected chi connectivity index (χ2v) is 6.80. The van der Waals surface area contributed by atoms with Crippen LogP contribution < -0.4 is 9.62 Å². The van der Waals surface area contributed by atoms with Gasteiger partial charge < -0.3 is 9.47 Å². The molecule has 0 amide bonds. The lowest BCUT2D eigenvalue weighted by Crippen LogP contribution is -2.12. The van der Waals surface area contributed by atoms with Crippen LogP contribution in [0.4, 0.5) is 0 Å². The summed E-state index contributed by atoms with van der Waals surface area (Å²) in [6.45, 7) is 4.31. The first-order chi connectivity index (χ1) is 13.0. The number of aryl methyl sites for hydroxylation is 1. The molecule has 27 heavy (non-hydrogen) atoms. The Balaban J connectivity index is 2.08. The highest BCUT2D eigenvalue weighted by Gasteiger charge is 2.16. The van der Waals surface area contributed by atoms with Crippen LogP contribution in [0, 0.1) is 6.92 Å². The fraction of sp³-hybridized carbons (Fsp3) is 0.400. The standard InChI is InChI=1S/C20H24BrNO5/c1-4-6-20(23)27-26-17-10-9-15(13-14(17)2)25-18(11-12-24-3)16-7-5-8-19(21)22-16/h5,7-10,13,18H,4,6,11-12H2,1-3H3/t18-/m1/s1. The summed E-state index contributed by atoms with van der Waals surface area (Å²) in [5.41, 5.74) is 1.61. The van der Waals surface area contributed by atoms with Crippen molar-refractivity contribution in [3.63, 3.8) is 0 Å². The van der Waals surface area contributed by atoms with Crippen LogP contribution >= 0.6 is 15.9 Å². The number of nitrogens with zero attached hydrogens (tertiary/aromatic N) is 1. The van der Waals surface area contributed by atoms with Crippen molar-refractivity contribution in [1.82, 2.24) is 4.98 Å². The molecule has 0 spiro atoms. The monoisotopic (exact) mass is 437 g/mol. The number of pyridine rings is 1. The molecule has 0 fully saturated rings. The molecule has 2 rings (SSSR count). The molecule has 0 radical (unpaired) electrons. The minimum Gasteiger partial charge on any atom is -0.484 e. The van der Waals surface area contributed by atoms with Crippen molar-refractivity contribution in [2.24, 2.45) is 0 Å². The molecule has 1 heterocycles. The third-order valence-electron chi connectivity index (χ3n) is 3.75. The van der Waals surface area contributed by atoms with Gasteiger partial charge in [-0.15, -0.1) is 0 Å². The maximum absolute atomic E-state index is 11.4. The summed E-state index contributed by atoms with van der Waals surface area (Å²) in [4.78, 5) is 25.8. The summed E-state index contributed by atoms with van der Waals surface area (Å²) in [5, 5.41) is 0. The molecule has 1 aromatic carbocycles. The number of ether oxygens (including phenoxy) is 2. The van der Waals surface area contributed by atoms with E-state index in [-0.39, 0.29) is 6.10 Å². The van der Waals surface area contributed by atoms with Crippen LogP contribution in [0.3, 0.4) is 0 Å². The Kier molecular flexibility index (Phi) is 8.54. The van der Waals surface area contributed by atoms with Crippen molar-refractivity contribution in [1.29, 1.82) is 0 Å². The smallest absolute Gasteiger partial charge is 0.355 e. The van der Waals surface area contributed by atoms with E-state index in [9.17, 15) is 4.79 Å². The summed E-state index contributed by atoms with van der Waals surface area (Å²) in [6, 6.07) is 11.0. The number of hydrogen-bond donors (Lipinski definition) is 0. The third-order valence-corrected chi connectivity index (χ3v) is 4.20. The maximum Gasteiger partial charge on any atom is 0.355 e. The van der Waals surface area contributed by atoms with Gasteiger partial charge >= 0.3 is 5.97 Å². The van der Waals surface area contributed by atoms with Gasteiger partial charge in [-0.25, -0.2) is 9.78 Å². The minimum atomic E-state index is -0.391. The van der Waals surface area contributed by atoms with Crippen molar-refractivity contribution < 1.29 is 24.0 Å². The normalized spacial score (nSPS) is 11.7. The summed E-state index contributed by atoms with van der Waals surface area (Å²) in [7, 11) is 1.65. The number of hydrogen-bond acceptors (Lipinski definition) is 6. The van der Waals surface area contributed by atoms with E-state index in [0.29, 0.717) is 37.4 Å². The topological polar surface area (TPSA) is 66.9 Å². The van der Waals surface area contributed by atoms with Crippen LogP contribution in [-0.4, -0.2) is 24.7 Å². The summed E-state index contributed by atoms with van der Waals surface area (Å²) < 4.78 is 12.1. The number of aromatic nitrogens is 1. The zero-order valence-electron chi connectivity index (χ0n) is 15.7. The van der Waals surface area contributed by atoms with Crippen molar-refractivity contribution in [2.45, 2.75) is 39.2 Å². The predicted molar refractivity (Wildman–Crippen MR) is 105 cm³/mol. The van der Waals surface area contributed by atoms with Gasteiger partial charge in [-0.3, -0.25) is 9.78 Å². The van der Waals surface area contributed by atoms with Crippen molar-refractivity contribution in [3.8, 4) is 11.5 Å². The number of benzene rings is 1. The van der Waals surface area contributed by atoms with Gasteiger partial charge in [0.1, 0.15) is 16.5 Å². The number of carbonyl (C=O) groups excluding carboxylic acids is 1. The van der Waals surface area contributed by atoms with Gasteiger partial charge in [0.25, 0.3) is 0 Å². The Morgan fingerprint density at radius 2 is 2.07 bits per heavy atom. The first-order valence-corrected chi connectivity index (χ1v) is 9.58. The fourth-order valence-corrected chi connectivity index (χ4v) is 2.74. The molecule has 0 bridgehead atoms. The van der Waals surface area contributed by atoms with Crippen LogP contribution in [-0.2, 0) is 14.4 Å². The third kappa shape index (κ3) is 6.84. The predicted octanol–water partition coefficient (Wildman–Crippen LogP) is 4.95. The lowest BCUT2D eigenvalue weighted by Gasteiger charge is -2.19. The van der Waals surface area contributed by atoms with Crippen LogP contribution in [0.5, 0.6) is 11.5 Å². The number of rotatable bonds is 10. The number of methoxy groups -OCH3 is 1. The zero-order chi connectivity index (χ0) is 19.6. The van der Waals surface area contributed by atoms with Gasteiger partial charge in [-0.2, -0.15) is 0 Å². The van der Waals surface area contributed by atoms with Gasteiger partial charge in [0.2, 0.25) is 0 Å². The summed E-state index contributed by atoms with van der Waals surface area (Å²) in [5.74, 6) is 0.751. The number of halogens is 1. The molecule has 0 aliphatic rings. The van der Waals surface area contributed by atoms with Crippen LogP contribution in [0.2, 0.25) is 0 Å². The second-order valence-electron chi connectivity index (χ2n) is 5.99. The molecule has 0 aliphatic heterocycles. The second kappa shape index (κ2) is 10.9. The summed E-state index contributed by atoms with van der Waals surface area (Å²) in [6.07, 6.45) is 1.43. The Morgan fingerprint density at radius 3 is 2.74 bits per heavy atom. The molecule has 0 aliphatic carbocycles. The van der Waals surface area contributed by atoms with E-state index in [1.807, 2.05) is 38.1 Å². The first kappa shape index (κ1) is 21.2. The molecule has 0 saturated carbocycles. The van der Waals surface area contributed by atoms with Crippen molar-refractivity contribution in [3.05, 3.63) is 52.3 Å². The Labute approximate surface area is 167 Å². The van der Waals surface area contributed by atoms with Crippen LogP contribution in [0.25, 0.3) is 0 Å². The van der Waals surface area contributed by atoms with Crippen LogP contribution in [0.1, 0.15) is 43.5 Å². The largest absolute Gasteiger partial charge is 0.484 e. The lowest BCUT2D eigenvalue weighted by atomic mass is 10.1. The van der Waals surface area contributed by atoms with E-state index >= 15 is 0 Å². The average Bonchev–Trinajstić information content (AvgIpc) is 2.64. The van der Waals surface area contributed by atoms with E-state index < -0.39 is 5.97 Å². The highest BCUT2D eigenvalue weighted by Crippen LogP contribution is 2.29. The van der Waals surface area contributed by atoms with Gasteiger partial charge in [0, 0.05) is 25.5 Å². The molecule has 146 valence electrons. The van der Waals surface area contributed by atoms with Gasteiger partial charge in [0.15, 0.2) is 5.75 Å². The molecule has 0 N–H and O–H groups in total. The Morgan fingerprint density at radius 1 is 1.26 bits per heavy atom. The average molecular weight is 438 g/mol. The van der Waals surface area contributed by atoms with E-state index in [4.69, 9.17) is 19.2 Å². The fourth-order valence-electron chi connectivity index (χ4n) is 2.39. The Hall–Kier alpha value is -2.12. The van der Waals surface area contributed by atoms with Crippen molar-refractivity contribution in [2.75, 3.05) is 13.7 Å². The summed E-state index contributed by atoms with van der Waals surface area (Å²) >= 11 is 3.39. The Bertz CT molecular complexity index is 753. The molecule has 0 saturated heterocycles. The maximum atomic E-state index is 11.4. The minimum absolute atomic E-state index is 0.254. The van der Waals surface area contributed by atoms with Crippen molar-refractivity contribution >= 4 is 21.9 Å². The molecule has 6 nitrogen and oxygen atoms in total. The van der Waals surface area contributed by atoms with E-state index in [0.717, 1.165) is 15.9 Å². The molecule has 1 atom stereocenters. The molecular formula is C20H24BrNO5. The molecule has 0 unspecified atom stereocenters. The van der Waals surface area contributed by atoms with Gasteiger partial charge in [-0.1, -0.05) is 13.0 Å². The molecular weight excluding hydrogens is 414 g/mol. The van der Waals surface area contributed by atoms with E-state index in [2.05, 4.69) is 20.9 Å². The highest BCUT2D eigenvalue weighted by molar-refractivity contribution is 9.10. The first-order valence-electron chi connectivity index (χ1n) is 8.79. The van der Waals surface area contributed by atoms with E-state index in [1.165, 1.54) is 0 Å². The highest BCUT2D eigenvalue weighted by atomic mass is 79.9. The number of carbonyl (C=O) groups is 1. The molecule has 1 aromatic heterocycles. The van der Waals surface area contributed by atoms with E-state index in [1.54, 1.807) is 19.2 Å². The van der Waals surface area contributed by atoms with Gasteiger partial charge in [-0.05, 0) is 59.6 Å². The lowest BCUT2D eigenvalue weighted by molar-refractivity contribution is -0.214. The molecule has 2 aromatic rings. The van der Waals surface area contributed by atoms with Gasteiger partial charge in [0.05, 0.1) is 12.3 Å². The zero-order valence-corrected chi connectivity index (χ0v) is 17.3. The quantitative estimate of drug-likeness (QED) is 0.297.